The summed E-state index contributed by atoms with van der Waals surface area (Å²) in [5.41, 5.74) is 0.339. The summed E-state index contributed by atoms with van der Waals surface area (Å²) in [5.74, 6) is -0.0171. The highest BCUT2D eigenvalue weighted by Gasteiger charge is 2.42. The molecule has 4 nitrogen and oxygen atoms in total. The predicted octanol–water partition coefficient (Wildman–Crippen LogP) is 2.08. The van der Waals surface area contributed by atoms with Gasteiger partial charge in [-0.15, -0.1) is 0 Å². The van der Waals surface area contributed by atoms with Crippen molar-refractivity contribution in [3.63, 3.8) is 0 Å². The maximum atomic E-state index is 12.3. The fourth-order valence-electron chi connectivity index (χ4n) is 3.17. The minimum Gasteiger partial charge on any atom is -0.305 e. The van der Waals surface area contributed by atoms with Crippen molar-refractivity contribution in [3.05, 3.63) is 0 Å². The van der Waals surface area contributed by atoms with Gasteiger partial charge in [-0.2, -0.15) is 0 Å². The normalized spacial score (nSPS) is 26.1. The summed E-state index contributed by atoms with van der Waals surface area (Å²) in [5, 5.41) is 3.33. The zero-order valence-corrected chi connectivity index (χ0v) is 12.4. The van der Waals surface area contributed by atoms with Gasteiger partial charge in [-0.1, -0.05) is 27.2 Å². The Balaban J connectivity index is 1.93. The molecule has 19 heavy (non-hydrogen) atoms. The van der Waals surface area contributed by atoms with Gasteiger partial charge in [-0.3, -0.25) is 14.5 Å². The van der Waals surface area contributed by atoms with E-state index in [2.05, 4.69) is 12.2 Å². The summed E-state index contributed by atoms with van der Waals surface area (Å²) in [6, 6.07) is -0.211. The molecule has 1 atom stereocenters. The monoisotopic (exact) mass is 266 g/mol. The highest BCUT2D eigenvalue weighted by molar-refractivity contribution is 6.05. The van der Waals surface area contributed by atoms with Crippen LogP contribution in [0.4, 0.5) is 0 Å². The summed E-state index contributed by atoms with van der Waals surface area (Å²) in [4.78, 5) is 25.9. The maximum Gasteiger partial charge on any atom is 0.247 e. The number of hydrogen-bond acceptors (Lipinski definition) is 3. The number of imide groups is 1. The number of hydrogen-bond donors (Lipinski definition) is 1. The second-order valence-electron chi connectivity index (χ2n) is 6.37. The summed E-state index contributed by atoms with van der Waals surface area (Å²) in [7, 11) is 0. The molecule has 1 aliphatic heterocycles. The topological polar surface area (TPSA) is 49.4 Å². The molecule has 2 rings (SSSR count). The lowest BCUT2D eigenvalue weighted by atomic mass is 9.70. The number of nitrogens with zero attached hydrogens (tertiary/aromatic N) is 1. The molecule has 2 aliphatic rings. The van der Waals surface area contributed by atoms with Gasteiger partial charge < -0.3 is 5.32 Å². The van der Waals surface area contributed by atoms with Gasteiger partial charge in [0.1, 0.15) is 0 Å². The van der Waals surface area contributed by atoms with Gasteiger partial charge in [0.25, 0.3) is 0 Å². The molecule has 4 heteroatoms. The van der Waals surface area contributed by atoms with Gasteiger partial charge >= 0.3 is 0 Å². The van der Waals surface area contributed by atoms with E-state index in [0.29, 0.717) is 11.8 Å². The van der Waals surface area contributed by atoms with Crippen molar-refractivity contribution < 1.29 is 9.59 Å². The van der Waals surface area contributed by atoms with Crippen molar-refractivity contribution in [2.75, 3.05) is 6.54 Å². The van der Waals surface area contributed by atoms with Gasteiger partial charge in [0.2, 0.25) is 11.8 Å². The van der Waals surface area contributed by atoms with E-state index >= 15 is 0 Å². The molecule has 2 amide bonds. The fraction of sp³-hybridized carbons (Fsp3) is 0.867. The molecule has 0 aromatic heterocycles. The molecule has 0 radical (unpaired) electrons. The summed E-state index contributed by atoms with van der Waals surface area (Å²) in [6.45, 7) is 7.17. The number of rotatable bonds is 6. The van der Waals surface area contributed by atoms with Gasteiger partial charge in [0.15, 0.2) is 0 Å². The van der Waals surface area contributed by atoms with Crippen molar-refractivity contribution in [3.8, 4) is 0 Å². The van der Waals surface area contributed by atoms with Crippen LogP contribution >= 0.6 is 0 Å². The molecule has 1 heterocycles. The Hall–Kier alpha value is -0.900. The predicted molar refractivity (Wildman–Crippen MR) is 74.6 cm³/mol. The zero-order chi connectivity index (χ0) is 14.0. The lowest BCUT2D eigenvalue weighted by molar-refractivity contribution is -0.141. The number of nitrogens with one attached hydrogen (secondary N) is 1. The largest absolute Gasteiger partial charge is 0.305 e. The minimum atomic E-state index is -0.287. The SMILES string of the molecule is CCC(CC)N1C(=O)CC(NCC2(C)CCC2)C1=O. The van der Waals surface area contributed by atoms with Crippen LogP contribution in [-0.4, -0.2) is 35.3 Å². The third kappa shape index (κ3) is 2.83. The average Bonchev–Trinajstić information content (AvgIpc) is 2.63. The van der Waals surface area contributed by atoms with E-state index in [-0.39, 0.29) is 23.9 Å². The van der Waals surface area contributed by atoms with Gasteiger partial charge in [-0.25, -0.2) is 0 Å². The first kappa shape index (κ1) is 14.5. The first-order chi connectivity index (χ1) is 9.00. The molecule has 0 aromatic carbocycles. The molecule has 1 saturated heterocycles. The van der Waals surface area contributed by atoms with E-state index in [4.69, 9.17) is 0 Å². The van der Waals surface area contributed by atoms with Crippen molar-refractivity contribution in [1.82, 2.24) is 10.2 Å². The van der Waals surface area contributed by atoms with Gasteiger partial charge in [0, 0.05) is 12.6 Å². The highest BCUT2D eigenvalue weighted by atomic mass is 16.2. The molecule has 1 saturated carbocycles. The van der Waals surface area contributed by atoms with Gasteiger partial charge in [0.05, 0.1) is 12.5 Å². The van der Waals surface area contributed by atoms with Crippen LogP contribution in [0.1, 0.15) is 59.3 Å². The third-order valence-electron chi connectivity index (χ3n) is 4.83. The second kappa shape index (κ2) is 5.61. The number of amides is 2. The van der Waals surface area contributed by atoms with E-state index in [1.807, 2.05) is 13.8 Å². The lowest BCUT2D eigenvalue weighted by Gasteiger charge is -2.39. The quantitative estimate of drug-likeness (QED) is 0.749. The molecule has 1 aliphatic carbocycles. The van der Waals surface area contributed by atoms with E-state index in [1.54, 1.807) is 0 Å². The third-order valence-corrected chi connectivity index (χ3v) is 4.83. The molecule has 1 N–H and O–H groups in total. The average molecular weight is 266 g/mol. The molecule has 108 valence electrons. The molecule has 0 spiro atoms. The van der Waals surface area contributed by atoms with Crippen LogP contribution in [0.15, 0.2) is 0 Å². The van der Waals surface area contributed by atoms with E-state index in [0.717, 1.165) is 19.4 Å². The second-order valence-corrected chi connectivity index (χ2v) is 6.37. The van der Waals surface area contributed by atoms with Crippen LogP contribution in [0.25, 0.3) is 0 Å². The fourth-order valence-corrected chi connectivity index (χ4v) is 3.17. The van der Waals surface area contributed by atoms with Crippen LogP contribution in [0.5, 0.6) is 0 Å². The molecule has 0 aromatic rings. The van der Waals surface area contributed by atoms with Crippen molar-refractivity contribution in [1.29, 1.82) is 0 Å². The number of carbonyl (C=O) groups excluding carboxylic acids is 2. The van der Waals surface area contributed by atoms with Crippen LogP contribution in [0, 0.1) is 5.41 Å². The van der Waals surface area contributed by atoms with Crippen molar-refractivity contribution in [2.24, 2.45) is 5.41 Å². The van der Waals surface area contributed by atoms with Crippen LogP contribution in [0.3, 0.4) is 0 Å². The first-order valence-electron chi connectivity index (χ1n) is 7.60. The minimum absolute atomic E-state index is 0.00466. The number of carbonyl (C=O) groups is 2. The molecule has 0 bridgehead atoms. The Bertz CT molecular complexity index is 359. The van der Waals surface area contributed by atoms with Crippen molar-refractivity contribution >= 4 is 11.8 Å². The Morgan fingerprint density at radius 2 is 1.95 bits per heavy atom. The van der Waals surface area contributed by atoms with Crippen LogP contribution in [0.2, 0.25) is 0 Å². The Morgan fingerprint density at radius 1 is 1.32 bits per heavy atom. The molecule has 1 unspecified atom stereocenters. The highest BCUT2D eigenvalue weighted by Crippen LogP contribution is 2.39. The number of likely N-dealkylation sites (tertiary alicyclic amines) is 1. The van der Waals surface area contributed by atoms with Crippen LogP contribution in [-0.2, 0) is 9.59 Å². The standard InChI is InChI=1S/C15H26N2O2/c1-4-11(5-2)17-13(18)9-12(14(17)19)16-10-15(3)7-6-8-15/h11-12,16H,4-10H2,1-3H3. The molecule has 2 fully saturated rings. The first-order valence-corrected chi connectivity index (χ1v) is 7.60. The Morgan fingerprint density at radius 3 is 2.42 bits per heavy atom. The lowest BCUT2D eigenvalue weighted by Crippen LogP contribution is -2.47. The summed E-state index contributed by atoms with van der Waals surface area (Å²) < 4.78 is 0. The van der Waals surface area contributed by atoms with E-state index in [9.17, 15) is 9.59 Å². The maximum absolute atomic E-state index is 12.3. The summed E-state index contributed by atoms with van der Waals surface area (Å²) >= 11 is 0. The zero-order valence-electron chi connectivity index (χ0n) is 12.4. The molecular formula is C15H26N2O2. The van der Waals surface area contributed by atoms with Crippen LogP contribution < -0.4 is 5.32 Å². The smallest absolute Gasteiger partial charge is 0.247 e. The van der Waals surface area contributed by atoms with Gasteiger partial charge in [-0.05, 0) is 31.1 Å². The van der Waals surface area contributed by atoms with E-state index < -0.39 is 0 Å². The Kier molecular flexibility index (Phi) is 4.29. The van der Waals surface area contributed by atoms with Crippen molar-refractivity contribution in [2.45, 2.75) is 71.4 Å². The van der Waals surface area contributed by atoms with E-state index in [1.165, 1.54) is 24.2 Å². The molecular weight excluding hydrogens is 240 g/mol. The Labute approximate surface area is 115 Å². The summed E-state index contributed by atoms with van der Waals surface area (Å²) in [6.07, 6.45) is 5.77.